The molecule has 1 atom stereocenters. The Morgan fingerprint density at radius 2 is 1.96 bits per heavy atom. The van der Waals surface area contributed by atoms with Gasteiger partial charge in [0.1, 0.15) is 18.5 Å². The molecule has 2 N–H and O–H groups in total. The number of carbonyl (C=O) groups excluding carboxylic acids is 1. The first-order valence-corrected chi connectivity index (χ1v) is 10.6. The topological polar surface area (TPSA) is 107 Å². The lowest BCUT2D eigenvalue weighted by atomic mass is 10.2. The van der Waals surface area contributed by atoms with E-state index in [0.717, 1.165) is 6.42 Å². The molecule has 1 aliphatic rings. The van der Waals surface area contributed by atoms with Crippen molar-refractivity contribution in [3.63, 3.8) is 0 Å². The average molecular weight is 405 g/mol. The van der Waals surface area contributed by atoms with Gasteiger partial charge in [-0.3, -0.25) is 4.98 Å². The van der Waals surface area contributed by atoms with Gasteiger partial charge in [0.2, 0.25) is 0 Å². The summed E-state index contributed by atoms with van der Waals surface area (Å²) in [7, 11) is -3.82. The van der Waals surface area contributed by atoms with Gasteiger partial charge in [0.25, 0.3) is 0 Å². The molecule has 1 aliphatic heterocycles. The lowest BCUT2D eigenvalue weighted by molar-refractivity contribution is 0.171. The molecule has 0 unspecified atom stereocenters. The number of rotatable bonds is 7. The van der Waals surface area contributed by atoms with E-state index in [-0.39, 0.29) is 11.4 Å². The Balaban J connectivity index is 1.89. The van der Waals surface area contributed by atoms with Crippen molar-refractivity contribution in [1.82, 2.24) is 15.6 Å². The van der Waals surface area contributed by atoms with Crippen LogP contribution in [0.25, 0.3) is 0 Å². The van der Waals surface area contributed by atoms with Crippen LogP contribution < -0.4 is 20.1 Å². The largest absolute Gasteiger partial charge is 0.486 e. The summed E-state index contributed by atoms with van der Waals surface area (Å²) in [6.45, 7) is 3.15. The van der Waals surface area contributed by atoms with Crippen LogP contribution in [0.4, 0.5) is 4.79 Å². The van der Waals surface area contributed by atoms with Crippen molar-refractivity contribution in [1.29, 1.82) is 0 Å². The average Bonchev–Trinajstić information content (AvgIpc) is 2.72. The van der Waals surface area contributed by atoms with E-state index in [1.54, 1.807) is 24.4 Å². The molecule has 2 aromatic rings. The van der Waals surface area contributed by atoms with Gasteiger partial charge in [-0.05, 0) is 30.2 Å². The second kappa shape index (κ2) is 8.92. The van der Waals surface area contributed by atoms with Crippen molar-refractivity contribution in [2.24, 2.45) is 0 Å². The Hall–Kier alpha value is -2.81. The number of carbonyl (C=O) groups is 1. The number of ether oxygens (including phenoxy) is 2. The third kappa shape index (κ3) is 4.53. The molecule has 0 radical (unpaired) electrons. The Morgan fingerprint density at radius 1 is 1.18 bits per heavy atom. The van der Waals surface area contributed by atoms with Crippen LogP contribution in [0, 0.1) is 0 Å². The summed E-state index contributed by atoms with van der Waals surface area (Å²) < 4.78 is 37.7. The summed E-state index contributed by atoms with van der Waals surface area (Å²) in [4.78, 5) is 16.0. The zero-order valence-corrected chi connectivity index (χ0v) is 16.4. The minimum Gasteiger partial charge on any atom is -0.486 e. The predicted octanol–water partition coefficient (Wildman–Crippen LogP) is 2.08. The molecule has 0 fully saturated rings. The number of hydrogen-bond acceptors (Lipinski definition) is 6. The third-order valence-electron chi connectivity index (χ3n) is 4.26. The molecule has 8 nitrogen and oxygen atoms in total. The summed E-state index contributed by atoms with van der Waals surface area (Å²) in [6.07, 6.45) is 3.85. The maximum absolute atomic E-state index is 13.3. The summed E-state index contributed by atoms with van der Waals surface area (Å²) >= 11 is 0. The lowest BCUT2D eigenvalue weighted by Crippen LogP contribution is -2.39. The molecule has 9 heteroatoms. The molecule has 1 aromatic carbocycles. The highest BCUT2D eigenvalue weighted by Crippen LogP contribution is 2.36. The van der Waals surface area contributed by atoms with Crippen LogP contribution >= 0.6 is 0 Å². The fourth-order valence-corrected chi connectivity index (χ4v) is 4.48. The fraction of sp³-hybridized carbons (Fsp3) is 0.368. The van der Waals surface area contributed by atoms with Gasteiger partial charge >= 0.3 is 6.03 Å². The minimum atomic E-state index is -3.82. The van der Waals surface area contributed by atoms with Crippen LogP contribution in [0.5, 0.6) is 11.5 Å². The van der Waals surface area contributed by atoms with Gasteiger partial charge in [-0.25, -0.2) is 13.2 Å². The summed E-state index contributed by atoms with van der Waals surface area (Å²) in [5.74, 6) is 0.908. The van der Waals surface area contributed by atoms with Gasteiger partial charge in [-0.15, -0.1) is 0 Å². The molecule has 0 spiro atoms. The second-order valence-corrected chi connectivity index (χ2v) is 8.39. The number of fused-ring (bicyclic) bond motifs is 1. The van der Waals surface area contributed by atoms with Crippen molar-refractivity contribution in [2.75, 3.05) is 26.3 Å². The highest BCUT2D eigenvalue weighted by atomic mass is 32.2. The van der Waals surface area contributed by atoms with Crippen molar-refractivity contribution >= 4 is 15.9 Å². The van der Waals surface area contributed by atoms with E-state index in [1.165, 1.54) is 18.3 Å². The third-order valence-corrected chi connectivity index (χ3v) is 6.36. The quantitative estimate of drug-likeness (QED) is 0.730. The van der Waals surface area contributed by atoms with E-state index in [1.807, 2.05) is 6.92 Å². The van der Waals surface area contributed by atoms with Crippen molar-refractivity contribution in [2.45, 2.75) is 23.5 Å². The predicted molar refractivity (Wildman–Crippen MR) is 103 cm³/mol. The van der Waals surface area contributed by atoms with Crippen molar-refractivity contribution in [3.05, 3.63) is 48.3 Å². The molecule has 28 heavy (non-hydrogen) atoms. The highest BCUT2D eigenvalue weighted by Gasteiger charge is 2.31. The number of nitrogens with zero attached hydrogens (tertiary/aromatic N) is 1. The van der Waals surface area contributed by atoms with E-state index in [2.05, 4.69) is 15.6 Å². The van der Waals surface area contributed by atoms with E-state index in [9.17, 15) is 13.2 Å². The first kappa shape index (κ1) is 19.9. The Labute approximate surface area is 164 Å². The van der Waals surface area contributed by atoms with Gasteiger partial charge in [-0.2, -0.15) is 0 Å². The van der Waals surface area contributed by atoms with Crippen LogP contribution in [0.1, 0.15) is 24.2 Å². The first-order valence-electron chi connectivity index (χ1n) is 9.07. The van der Waals surface area contributed by atoms with Crippen LogP contribution in [0.15, 0.2) is 47.6 Å². The summed E-state index contributed by atoms with van der Waals surface area (Å²) in [6, 6.07) is 7.47. The van der Waals surface area contributed by atoms with Crippen LogP contribution in [0.3, 0.4) is 0 Å². The highest BCUT2D eigenvalue weighted by molar-refractivity contribution is 7.91. The molecule has 0 aliphatic carbocycles. The number of nitrogens with one attached hydrogen (secondary N) is 2. The fourth-order valence-electron chi connectivity index (χ4n) is 2.82. The molecular weight excluding hydrogens is 382 g/mol. The molecule has 1 aromatic heterocycles. The smallest absolute Gasteiger partial charge is 0.314 e. The van der Waals surface area contributed by atoms with Crippen LogP contribution in [-0.2, 0) is 9.84 Å². The van der Waals surface area contributed by atoms with Crippen molar-refractivity contribution < 1.29 is 22.7 Å². The zero-order valence-electron chi connectivity index (χ0n) is 15.6. The van der Waals surface area contributed by atoms with Gasteiger partial charge < -0.3 is 20.1 Å². The van der Waals surface area contributed by atoms with E-state index in [0.29, 0.717) is 36.8 Å². The molecule has 2 amide bonds. The zero-order chi connectivity index (χ0) is 20.0. The number of pyridine rings is 1. The van der Waals surface area contributed by atoms with E-state index in [4.69, 9.17) is 9.47 Å². The first-order chi connectivity index (χ1) is 13.5. The van der Waals surface area contributed by atoms with E-state index < -0.39 is 21.1 Å². The lowest BCUT2D eigenvalue weighted by Gasteiger charge is -2.22. The maximum Gasteiger partial charge on any atom is 0.314 e. The van der Waals surface area contributed by atoms with Crippen LogP contribution in [0.2, 0.25) is 0 Å². The maximum atomic E-state index is 13.3. The van der Waals surface area contributed by atoms with Gasteiger partial charge in [-0.1, -0.05) is 13.0 Å². The molecule has 3 rings (SSSR count). The van der Waals surface area contributed by atoms with Gasteiger partial charge in [0.15, 0.2) is 21.3 Å². The number of benzene rings is 1. The molecule has 150 valence electrons. The Bertz CT molecular complexity index is 918. The molecule has 0 saturated carbocycles. The Morgan fingerprint density at radius 3 is 2.68 bits per heavy atom. The molecule has 0 bridgehead atoms. The number of amides is 2. The SMILES string of the molecule is CCCNC(=O)NC[C@@H](c1cccnc1)S(=O)(=O)c1ccc2c(c1)OCCO2. The van der Waals surface area contributed by atoms with Crippen molar-refractivity contribution in [3.8, 4) is 11.5 Å². The van der Waals surface area contributed by atoms with Gasteiger partial charge in [0.05, 0.1) is 4.90 Å². The van der Waals surface area contributed by atoms with Crippen LogP contribution in [-0.4, -0.2) is 45.7 Å². The standard InChI is InChI=1S/C19H23N3O5S/c1-2-7-21-19(23)22-13-18(14-4-3-8-20-12-14)28(24,25)15-5-6-16-17(11-15)27-10-9-26-16/h3-6,8,11-12,18H,2,7,9-10,13H2,1H3,(H2,21,22,23)/t18-/m0/s1. The normalized spacial score (nSPS) is 14.2. The number of hydrogen-bond donors (Lipinski definition) is 2. The Kier molecular flexibility index (Phi) is 6.35. The number of urea groups is 1. The second-order valence-electron chi connectivity index (χ2n) is 6.26. The number of sulfone groups is 1. The van der Waals surface area contributed by atoms with E-state index >= 15 is 0 Å². The summed E-state index contributed by atoms with van der Waals surface area (Å²) in [5.41, 5.74) is 0.494. The molecular formula is C19H23N3O5S. The molecule has 2 heterocycles. The summed E-state index contributed by atoms with van der Waals surface area (Å²) in [5, 5.41) is 4.33. The minimum absolute atomic E-state index is 0.0853. The number of aromatic nitrogens is 1. The molecule has 0 saturated heterocycles. The monoisotopic (exact) mass is 405 g/mol. The van der Waals surface area contributed by atoms with Gasteiger partial charge in [0, 0.05) is 31.5 Å².